The molecule has 158 valence electrons. The van der Waals surface area contributed by atoms with Crippen molar-refractivity contribution >= 4 is 16.0 Å². The van der Waals surface area contributed by atoms with Gasteiger partial charge in [0.1, 0.15) is 5.82 Å². The molecule has 1 atom stereocenters. The summed E-state index contributed by atoms with van der Waals surface area (Å²) in [6.45, 7) is 4.22. The number of hydrogen-bond donors (Lipinski definition) is 3. The molecule has 1 aromatic rings. The maximum atomic E-state index is 13.6. The summed E-state index contributed by atoms with van der Waals surface area (Å²) in [4.78, 5) is 4.30. The fourth-order valence-electron chi connectivity index (χ4n) is 2.90. The van der Waals surface area contributed by atoms with E-state index in [1.54, 1.807) is 18.2 Å². The molecule has 1 aromatic carbocycles. The van der Waals surface area contributed by atoms with E-state index in [1.165, 1.54) is 6.07 Å². The highest BCUT2D eigenvalue weighted by Gasteiger charge is 2.17. The molecule has 0 amide bonds. The lowest BCUT2D eigenvalue weighted by molar-refractivity contribution is 0.0200. The fourth-order valence-corrected chi connectivity index (χ4v) is 3.81. The summed E-state index contributed by atoms with van der Waals surface area (Å²) in [5.74, 6) is 0.193. The Morgan fingerprint density at radius 2 is 2.11 bits per heavy atom. The first-order chi connectivity index (χ1) is 13.5. The minimum atomic E-state index is -3.40. The van der Waals surface area contributed by atoms with Crippen LogP contribution >= 0.6 is 0 Å². The zero-order chi connectivity index (χ0) is 20.2. The van der Waals surface area contributed by atoms with Gasteiger partial charge in [-0.2, -0.15) is 0 Å². The zero-order valence-corrected chi connectivity index (χ0v) is 17.2. The van der Waals surface area contributed by atoms with Gasteiger partial charge in [0.15, 0.2) is 5.96 Å². The molecule has 9 heteroatoms. The molecule has 0 saturated carbocycles. The Bertz CT molecular complexity index is 722. The fraction of sp³-hybridized carbons (Fsp3) is 0.632. The Kier molecular flexibility index (Phi) is 9.66. The first-order valence-electron chi connectivity index (χ1n) is 9.84. The van der Waals surface area contributed by atoms with E-state index in [2.05, 4.69) is 20.3 Å². The van der Waals surface area contributed by atoms with Gasteiger partial charge in [-0.25, -0.2) is 17.5 Å². The van der Waals surface area contributed by atoms with Gasteiger partial charge in [-0.1, -0.05) is 18.2 Å². The molecular weight excluding hydrogens is 383 g/mol. The van der Waals surface area contributed by atoms with Crippen LogP contribution in [-0.2, 0) is 21.2 Å². The zero-order valence-electron chi connectivity index (χ0n) is 16.4. The van der Waals surface area contributed by atoms with E-state index in [1.807, 2.05) is 6.92 Å². The Morgan fingerprint density at radius 3 is 2.82 bits per heavy atom. The quantitative estimate of drug-likeness (QED) is 0.398. The van der Waals surface area contributed by atoms with Crippen LogP contribution in [0.25, 0.3) is 0 Å². The molecule has 1 fully saturated rings. The third-order valence-corrected chi connectivity index (χ3v) is 5.75. The number of nitrogens with one attached hydrogen (secondary N) is 3. The van der Waals surface area contributed by atoms with Gasteiger partial charge in [0.2, 0.25) is 10.0 Å². The summed E-state index contributed by atoms with van der Waals surface area (Å²) in [5, 5.41) is 6.17. The third kappa shape index (κ3) is 8.53. The first-order valence-corrected chi connectivity index (χ1v) is 11.5. The normalized spacial score (nSPS) is 18.1. The Labute approximate surface area is 167 Å². The van der Waals surface area contributed by atoms with E-state index in [-0.39, 0.29) is 24.2 Å². The molecular formula is C19H31FN4O3S. The molecule has 0 aliphatic carbocycles. The molecule has 1 aliphatic heterocycles. The number of rotatable bonds is 10. The predicted octanol–water partition coefficient (Wildman–Crippen LogP) is 1.41. The lowest BCUT2D eigenvalue weighted by atomic mass is 10.1. The van der Waals surface area contributed by atoms with Gasteiger partial charge in [0, 0.05) is 26.2 Å². The number of ether oxygens (including phenoxy) is 1. The summed E-state index contributed by atoms with van der Waals surface area (Å²) in [6, 6.07) is 6.64. The van der Waals surface area contributed by atoms with Crippen LogP contribution < -0.4 is 15.4 Å². The van der Waals surface area contributed by atoms with Gasteiger partial charge in [0.05, 0.1) is 18.4 Å². The minimum absolute atomic E-state index is 0.0376. The summed E-state index contributed by atoms with van der Waals surface area (Å²) < 4.78 is 46.0. The number of aliphatic imine (C=N–C) groups is 1. The van der Waals surface area contributed by atoms with E-state index >= 15 is 0 Å². The molecule has 2 rings (SSSR count). The summed E-state index contributed by atoms with van der Waals surface area (Å²) in [7, 11) is -3.40. The van der Waals surface area contributed by atoms with Gasteiger partial charge in [0.25, 0.3) is 0 Å². The highest BCUT2D eigenvalue weighted by atomic mass is 32.2. The Morgan fingerprint density at radius 1 is 1.29 bits per heavy atom. The average Bonchev–Trinajstić information content (AvgIpc) is 2.69. The van der Waals surface area contributed by atoms with Crippen LogP contribution in [0.15, 0.2) is 29.3 Å². The monoisotopic (exact) mass is 414 g/mol. The van der Waals surface area contributed by atoms with Crippen LogP contribution in [0, 0.1) is 5.82 Å². The molecule has 1 saturated heterocycles. The number of hydrogen-bond acceptors (Lipinski definition) is 4. The van der Waals surface area contributed by atoms with Gasteiger partial charge in [-0.3, -0.25) is 4.99 Å². The standard InChI is InChI=1S/C19H31FN4O3S/c1-2-21-19(22-11-10-16-7-3-4-9-18(16)20)23-12-14-28(25,26)24-15-17-8-5-6-13-27-17/h3-4,7,9,17,24H,2,5-6,8,10-15H2,1H3,(H2,21,22,23). The smallest absolute Gasteiger partial charge is 0.213 e. The molecule has 7 nitrogen and oxygen atoms in total. The number of guanidine groups is 1. The van der Waals surface area contributed by atoms with Crippen molar-refractivity contribution in [1.82, 2.24) is 15.4 Å². The second kappa shape index (κ2) is 12.0. The number of benzene rings is 1. The van der Waals surface area contributed by atoms with Crippen LogP contribution in [-0.4, -0.2) is 59.0 Å². The topological polar surface area (TPSA) is 91.8 Å². The van der Waals surface area contributed by atoms with Crippen molar-refractivity contribution in [3.63, 3.8) is 0 Å². The van der Waals surface area contributed by atoms with Crippen molar-refractivity contribution in [1.29, 1.82) is 0 Å². The highest BCUT2D eigenvalue weighted by molar-refractivity contribution is 7.89. The van der Waals surface area contributed by atoms with Crippen LogP contribution in [0.3, 0.4) is 0 Å². The van der Waals surface area contributed by atoms with Crippen molar-refractivity contribution in [3.8, 4) is 0 Å². The molecule has 1 heterocycles. The summed E-state index contributed by atoms with van der Waals surface area (Å²) in [5.41, 5.74) is 0.627. The maximum Gasteiger partial charge on any atom is 0.213 e. The number of nitrogens with zero attached hydrogens (tertiary/aromatic N) is 1. The van der Waals surface area contributed by atoms with Crippen LogP contribution in [0.4, 0.5) is 4.39 Å². The Balaban J connectivity index is 1.75. The van der Waals surface area contributed by atoms with Gasteiger partial charge < -0.3 is 15.4 Å². The lowest BCUT2D eigenvalue weighted by Gasteiger charge is -2.22. The molecule has 1 aliphatic rings. The highest BCUT2D eigenvalue weighted by Crippen LogP contribution is 2.11. The molecule has 3 N–H and O–H groups in total. The number of halogens is 1. The van der Waals surface area contributed by atoms with E-state index in [9.17, 15) is 12.8 Å². The third-order valence-electron chi connectivity index (χ3n) is 4.42. The second-order valence-corrected chi connectivity index (χ2v) is 8.61. The minimum Gasteiger partial charge on any atom is -0.377 e. The van der Waals surface area contributed by atoms with Crippen molar-refractivity contribution in [2.45, 2.75) is 38.7 Å². The molecule has 0 spiro atoms. The van der Waals surface area contributed by atoms with Gasteiger partial charge in [-0.15, -0.1) is 0 Å². The maximum absolute atomic E-state index is 13.6. The van der Waals surface area contributed by atoms with E-state index < -0.39 is 10.0 Å². The predicted molar refractivity (Wildman–Crippen MR) is 109 cm³/mol. The van der Waals surface area contributed by atoms with Gasteiger partial charge in [-0.05, 0) is 44.2 Å². The largest absolute Gasteiger partial charge is 0.377 e. The SMILES string of the molecule is CCNC(=NCCS(=O)(=O)NCC1CCCCO1)NCCc1ccccc1F. The van der Waals surface area contributed by atoms with Crippen LogP contribution in [0.2, 0.25) is 0 Å². The molecule has 0 bridgehead atoms. The van der Waals surface area contributed by atoms with Crippen molar-refractivity contribution in [2.75, 3.05) is 38.5 Å². The van der Waals surface area contributed by atoms with Gasteiger partial charge >= 0.3 is 0 Å². The Hall–Kier alpha value is -1.71. The van der Waals surface area contributed by atoms with Crippen LogP contribution in [0.5, 0.6) is 0 Å². The molecule has 0 aromatic heterocycles. The molecule has 1 unspecified atom stereocenters. The van der Waals surface area contributed by atoms with E-state index in [0.29, 0.717) is 44.2 Å². The van der Waals surface area contributed by atoms with Crippen molar-refractivity contribution < 1.29 is 17.5 Å². The van der Waals surface area contributed by atoms with E-state index in [0.717, 1.165) is 19.3 Å². The van der Waals surface area contributed by atoms with E-state index in [4.69, 9.17) is 4.74 Å². The second-order valence-electron chi connectivity index (χ2n) is 6.68. The number of sulfonamides is 1. The molecule has 28 heavy (non-hydrogen) atoms. The molecule has 0 radical (unpaired) electrons. The summed E-state index contributed by atoms with van der Waals surface area (Å²) in [6.07, 6.45) is 3.47. The summed E-state index contributed by atoms with van der Waals surface area (Å²) >= 11 is 0. The van der Waals surface area contributed by atoms with Crippen molar-refractivity contribution in [3.05, 3.63) is 35.6 Å². The first kappa shape index (κ1) is 22.6. The van der Waals surface area contributed by atoms with Crippen LogP contribution in [0.1, 0.15) is 31.7 Å². The average molecular weight is 415 g/mol. The lowest BCUT2D eigenvalue weighted by Crippen LogP contribution is -2.39. The van der Waals surface area contributed by atoms with Crippen molar-refractivity contribution in [2.24, 2.45) is 4.99 Å².